The van der Waals surface area contributed by atoms with Gasteiger partial charge in [-0.2, -0.15) is 0 Å². The monoisotopic (exact) mass is 247 g/mol. The van der Waals surface area contributed by atoms with E-state index in [0.717, 1.165) is 19.7 Å². The molecule has 1 aliphatic heterocycles. The van der Waals surface area contributed by atoms with Crippen molar-refractivity contribution in [2.24, 2.45) is 0 Å². The molecule has 1 atom stereocenters. The number of ether oxygens (including phenoxy) is 2. The van der Waals surface area contributed by atoms with Crippen LogP contribution < -0.4 is 10.1 Å². The molecule has 0 saturated carbocycles. The van der Waals surface area contributed by atoms with E-state index in [9.17, 15) is 4.39 Å². The molecule has 0 amide bonds. The van der Waals surface area contributed by atoms with Gasteiger partial charge in [0.1, 0.15) is 24.3 Å². The van der Waals surface area contributed by atoms with Crippen LogP contribution in [0.25, 0.3) is 0 Å². The van der Waals surface area contributed by atoms with Gasteiger partial charge in [0, 0.05) is 13.1 Å². The Morgan fingerprint density at radius 2 is 2.12 bits per heavy atom. The molecule has 1 heterocycles. The zero-order chi connectivity index (χ0) is 10.5. The first-order chi connectivity index (χ1) is 7.34. The predicted molar refractivity (Wildman–Crippen MR) is 61.8 cm³/mol. The van der Waals surface area contributed by atoms with Crippen molar-refractivity contribution in [3.05, 3.63) is 30.1 Å². The molecule has 1 aliphatic rings. The lowest BCUT2D eigenvalue weighted by Gasteiger charge is -2.23. The molecule has 1 fully saturated rings. The van der Waals surface area contributed by atoms with Crippen molar-refractivity contribution in [1.29, 1.82) is 0 Å². The molecule has 1 unspecified atom stereocenters. The Kier molecular flexibility index (Phi) is 5.52. The zero-order valence-corrected chi connectivity index (χ0v) is 9.63. The highest BCUT2D eigenvalue weighted by Crippen LogP contribution is 2.11. The fourth-order valence-electron chi connectivity index (χ4n) is 1.45. The summed E-state index contributed by atoms with van der Waals surface area (Å²) in [5.74, 6) is 0.420. The minimum Gasteiger partial charge on any atom is -0.491 e. The molecule has 90 valence electrons. The van der Waals surface area contributed by atoms with Crippen LogP contribution >= 0.6 is 12.4 Å². The van der Waals surface area contributed by atoms with Crippen molar-refractivity contribution >= 4 is 12.4 Å². The van der Waals surface area contributed by atoms with Crippen LogP contribution in [-0.4, -0.2) is 32.4 Å². The molecule has 2 rings (SSSR count). The van der Waals surface area contributed by atoms with Crippen molar-refractivity contribution in [2.75, 3.05) is 26.3 Å². The molecular weight excluding hydrogens is 233 g/mol. The smallest absolute Gasteiger partial charge is 0.123 e. The normalized spacial score (nSPS) is 19.9. The lowest BCUT2D eigenvalue weighted by Crippen LogP contribution is -2.41. The molecule has 0 aromatic heterocycles. The van der Waals surface area contributed by atoms with Gasteiger partial charge in [0.25, 0.3) is 0 Å². The number of benzene rings is 1. The third kappa shape index (κ3) is 3.96. The summed E-state index contributed by atoms with van der Waals surface area (Å²) in [7, 11) is 0. The van der Waals surface area contributed by atoms with Gasteiger partial charge in [-0.15, -0.1) is 12.4 Å². The second kappa shape index (κ2) is 6.68. The van der Waals surface area contributed by atoms with Crippen molar-refractivity contribution < 1.29 is 13.9 Å². The van der Waals surface area contributed by atoms with Crippen LogP contribution in [0.4, 0.5) is 4.39 Å². The molecule has 0 radical (unpaired) electrons. The van der Waals surface area contributed by atoms with Crippen LogP contribution in [0.2, 0.25) is 0 Å². The topological polar surface area (TPSA) is 30.5 Å². The maximum absolute atomic E-state index is 12.6. The van der Waals surface area contributed by atoms with Gasteiger partial charge in [0.05, 0.1) is 6.61 Å². The maximum atomic E-state index is 12.6. The van der Waals surface area contributed by atoms with Crippen molar-refractivity contribution in [3.63, 3.8) is 0 Å². The number of hydrogen-bond acceptors (Lipinski definition) is 3. The second-order valence-corrected chi connectivity index (χ2v) is 3.46. The highest BCUT2D eigenvalue weighted by molar-refractivity contribution is 5.85. The minimum atomic E-state index is -0.252. The van der Waals surface area contributed by atoms with E-state index in [0.29, 0.717) is 12.4 Å². The van der Waals surface area contributed by atoms with E-state index in [1.807, 2.05) is 0 Å². The quantitative estimate of drug-likeness (QED) is 0.881. The van der Waals surface area contributed by atoms with Gasteiger partial charge < -0.3 is 14.8 Å². The van der Waals surface area contributed by atoms with Crippen LogP contribution in [0.3, 0.4) is 0 Å². The van der Waals surface area contributed by atoms with E-state index in [-0.39, 0.29) is 24.3 Å². The van der Waals surface area contributed by atoms with E-state index in [1.165, 1.54) is 12.1 Å². The first-order valence-electron chi connectivity index (χ1n) is 5.05. The third-order valence-electron chi connectivity index (χ3n) is 2.25. The summed E-state index contributed by atoms with van der Waals surface area (Å²) in [6.45, 7) is 2.92. The molecule has 3 nitrogen and oxygen atoms in total. The Bertz CT molecular complexity index is 301. The Morgan fingerprint density at radius 1 is 1.38 bits per heavy atom. The average molecular weight is 248 g/mol. The molecular formula is C11H15ClFNO2. The molecule has 0 spiro atoms. The Balaban J connectivity index is 0.00000128. The SMILES string of the molecule is Cl.Fc1ccc(OCC2CNCCO2)cc1. The third-order valence-corrected chi connectivity index (χ3v) is 2.25. The molecule has 1 N–H and O–H groups in total. The van der Waals surface area contributed by atoms with E-state index in [1.54, 1.807) is 12.1 Å². The van der Waals surface area contributed by atoms with Gasteiger partial charge in [-0.05, 0) is 24.3 Å². The van der Waals surface area contributed by atoms with Crippen LogP contribution in [0.5, 0.6) is 5.75 Å². The zero-order valence-electron chi connectivity index (χ0n) is 8.82. The standard InChI is InChI=1S/C11H14FNO2.ClH/c12-9-1-3-10(4-2-9)15-8-11-7-13-5-6-14-11;/h1-4,11,13H,5-8H2;1H. The minimum absolute atomic E-state index is 0. The number of hydrogen-bond donors (Lipinski definition) is 1. The summed E-state index contributed by atoms with van der Waals surface area (Å²) in [5.41, 5.74) is 0. The van der Waals surface area contributed by atoms with Crippen LogP contribution in [0, 0.1) is 5.82 Å². The lowest BCUT2D eigenvalue weighted by molar-refractivity contribution is 0.000184. The fraction of sp³-hybridized carbons (Fsp3) is 0.455. The summed E-state index contributed by atoms with van der Waals surface area (Å²) in [6, 6.07) is 6.00. The van der Waals surface area contributed by atoms with E-state index in [4.69, 9.17) is 9.47 Å². The van der Waals surface area contributed by atoms with E-state index < -0.39 is 0 Å². The van der Waals surface area contributed by atoms with Gasteiger partial charge in [-0.1, -0.05) is 0 Å². The van der Waals surface area contributed by atoms with Gasteiger partial charge in [0.15, 0.2) is 0 Å². The Labute approximate surface area is 100 Å². The summed E-state index contributed by atoms with van der Waals surface area (Å²) >= 11 is 0. The predicted octanol–water partition coefficient (Wildman–Crippen LogP) is 1.61. The lowest BCUT2D eigenvalue weighted by atomic mass is 10.3. The summed E-state index contributed by atoms with van der Waals surface area (Å²) in [4.78, 5) is 0. The highest BCUT2D eigenvalue weighted by atomic mass is 35.5. The number of rotatable bonds is 3. The Morgan fingerprint density at radius 3 is 2.75 bits per heavy atom. The maximum Gasteiger partial charge on any atom is 0.123 e. The largest absolute Gasteiger partial charge is 0.491 e. The summed E-state index contributed by atoms with van der Waals surface area (Å²) in [6.07, 6.45) is 0.0869. The molecule has 16 heavy (non-hydrogen) atoms. The average Bonchev–Trinajstić information content (AvgIpc) is 2.30. The van der Waals surface area contributed by atoms with Gasteiger partial charge in [0.2, 0.25) is 0 Å². The van der Waals surface area contributed by atoms with Gasteiger partial charge in [-0.3, -0.25) is 0 Å². The summed E-state index contributed by atoms with van der Waals surface area (Å²) in [5, 5.41) is 3.22. The van der Waals surface area contributed by atoms with E-state index in [2.05, 4.69) is 5.32 Å². The number of morpholine rings is 1. The van der Waals surface area contributed by atoms with Crippen molar-refractivity contribution in [3.8, 4) is 5.75 Å². The molecule has 1 aromatic rings. The molecule has 0 bridgehead atoms. The van der Waals surface area contributed by atoms with Crippen molar-refractivity contribution in [1.82, 2.24) is 5.32 Å². The number of halogens is 2. The van der Waals surface area contributed by atoms with Crippen LogP contribution in [0.15, 0.2) is 24.3 Å². The molecule has 1 saturated heterocycles. The highest BCUT2D eigenvalue weighted by Gasteiger charge is 2.13. The molecule has 5 heteroatoms. The molecule has 1 aromatic carbocycles. The van der Waals surface area contributed by atoms with Crippen LogP contribution in [0.1, 0.15) is 0 Å². The first-order valence-corrected chi connectivity index (χ1v) is 5.05. The summed E-state index contributed by atoms with van der Waals surface area (Å²) < 4.78 is 23.5. The van der Waals surface area contributed by atoms with Crippen LogP contribution in [-0.2, 0) is 4.74 Å². The second-order valence-electron chi connectivity index (χ2n) is 3.46. The Hall–Kier alpha value is -0.840. The van der Waals surface area contributed by atoms with Crippen molar-refractivity contribution in [2.45, 2.75) is 6.10 Å². The fourth-order valence-corrected chi connectivity index (χ4v) is 1.45. The molecule has 0 aliphatic carbocycles. The van der Waals surface area contributed by atoms with Gasteiger partial charge in [-0.25, -0.2) is 4.39 Å². The first kappa shape index (κ1) is 13.2. The number of nitrogens with one attached hydrogen (secondary N) is 1. The van der Waals surface area contributed by atoms with Gasteiger partial charge >= 0.3 is 0 Å². The van der Waals surface area contributed by atoms with E-state index >= 15 is 0 Å².